The Bertz CT molecular complexity index is 1040. The monoisotopic (exact) mass is 452 g/mol. The molecule has 0 saturated carbocycles. The van der Waals surface area contributed by atoms with Crippen molar-refractivity contribution < 1.29 is 27.9 Å². The second-order valence-corrected chi connectivity index (χ2v) is 8.03. The lowest BCUT2D eigenvalue weighted by molar-refractivity contribution is -0.137. The van der Waals surface area contributed by atoms with E-state index in [9.17, 15) is 27.9 Å². The van der Waals surface area contributed by atoms with Crippen molar-refractivity contribution in [3.63, 3.8) is 0 Å². The molecule has 0 bridgehead atoms. The molecule has 1 heterocycles. The number of rotatable bonds is 4. The van der Waals surface area contributed by atoms with Crippen LogP contribution < -0.4 is 5.32 Å². The van der Waals surface area contributed by atoms with Gasteiger partial charge in [-0.2, -0.15) is 13.2 Å². The lowest BCUT2D eigenvalue weighted by Gasteiger charge is -2.23. The van der Waals surface area contributed by atoms with E-state index in [1.807, 2.05) is 0 Å². The van der Waals surface area contributed by atoms with Gasteiger partial charge in [-0.25, -0.2) is 0 Å². The van der Waals surface area contributed by atoms with Gasteiger partial charge in [-0.1, -0.05) is 48.2 Å². The van der Waals surface area contributed by atoms with Crippen molar-refractivity contribution in [2.24, 2.45) is 0 Å². The summed E-state index contributed by atoms with van der Waals surface area (Å²) in [6, 6.07) is 9.60. The first-order chi connectivity index (χ1) is 14.1. The van der Waals surface area contributed by atoms with E-state index in [2.05, 4.69) is 5.32 Å². The van der Waals surface area contributed by atoms with E-state index in [0.29, 0.717) is 5.56 Å². The number of benzene rings is 2. The number of phenolic OH excluding ortho intramolecular Hbond substituents is 1. The number of phenols is 1. The molecule has 156 valence electrons. The molecule has 1 aliphatic heterocycles. The van der Waals surface area contributed by atoms with Crippen LogP contribution >= 0.6 is 24.0 Å². The van der Waals surface area contributed by atoms with Crippen molar-refractivity contribution >= 4 is 51.9 Å². The number of nitrogens with one attached hydrogen (secondary N) is 1. The third-order valence-corrected chi connectivity index (χ3v) is 5.60. The molecule has 0 aromatic heterocycles. The van der Waals surface area contributed by atoms with Crippen LogP contribution in [0.15, 0.2) is 53.4 Å². The van der Waals surface area contributed by atoms with E-state index in [-0.39, 0.29) is 15.0 Å². The summed E-state index contributed by atoms with van der Waals surface area (Å²) in [6.45, 7) is 1.39. The summed E-state index contributed by atoms with van der Waals surface area (Å²) in [6.07, 6.45) is -3.08. The zero-order valence-electron chi connectivity index (χ0n) is 15.4. The Kier molecular flexibility index (Phi) is 6.18. The summed E-state index contributed by atoms with van der Waals surface area (Å²) < 4.78 is 39.6. The summed E-state index contributed by atoms with van der Waals surface area (Å²) >= 11 is 6.19. The van der Waals surface area contributed by atoms with Crippen molar-refractivity contribution in [1.82, 2.24) is 4.90 Å². The number of thioether (sulfide) groups is 1. The molecule has 1 unspecified atom stereocenters. The SMILES string of the molecule is CC(C(=O)Nc1ccccc1C(F)(F)F)N1C(=O)/C(=C/c2ccc(O)cc2)SC1=S. The quantitative estimate of drug-likeness (QED) is 0.523. The smallest absolute Gasteiger partial charge is 0.418 e. The van der Waals surface area contributed by atoms with Gasteiger partial charge in [-0.05, 0) is 42.8 Å². The number of hydrogen-bond donors (Lipinski definition) is 2. The molecule has 1 atom stereocenters. The molecular formula is C20H15F3N2O3S2. The average molecular weight is 452 g/mol. The van der Waals surface area contributed by atoms with Gasteiger partial charge in [0.2, 0.25) is 5.91 Å². The van der Waals surface area contributed by atoms with Gasteiger partial charge >= 0.3 is 6.18 Å². The van der Waals surface area contributed by atoms with Gasteiger partial charge in [-0.15, -0.1) is 0 Å². The van der Waals surface area contributed by atoms with Gasteiger partial charge in [0.1, 0.15) is 16.1 Å². The molecule has 5 nitrogen and oxygen atoms in total. The molecule has 0 aliphatic carbocycles. The number of amides is 2. The summed E-state index contributed by atoms with van der Waals surface area (Å²) in [5.74, 6) is -1.25. The normalized spacial score (nSPS) is 16.8. The fraction of sp³-hybridized carbons (Fsp3) is 0.150. The molecule has 2 aromatic carbocycles. The standard InChI is InChI=1S/C20H15F3N2O3S2/c1-11(17(27)24-15-5-3-2-4-14(15)20(21,22)23)25-18(28)16(30-19(25)29)10-12-6-8-13(26)9-7-12/h2-11,26H,1H3,(H,24,27)/b16-10-. The zero-order chi connectivity index (χ0) is 22.1. The third-order valence-electron chi connectivity index (χ3n) is 4.27. The van der Waals surface area contributed by atoms with Crippen molar-refractivity contribution in [2.45, 2.75) is 19.1 Å². The molecule has 2 aromatic rings. The maximum atomic E-state index is 13.1. The van der Waals surface area contributed by atoms with Gasteiger partial charge in [-0.3, -0.25) is 14.5 Å². The number of para-hydroxylation sites is 1. The molecule has 1 aliphatic rings. The predicted molar refractivity (Wildman–Crippen MR) is 113 cm³/mol. The minimum atomic E-state index is -4.64. The summed E-state index contributed by atoms with van der Waals surface area (Å²) in [5, 5.41) is 11.6. The van der Waals surface area contributed by atoms with Crippen molar-refractivity contribution in [1.29, 1.82) is 0 Å². The molecule has 0 spiro atoms. The maximum absolute atomic E-state index is 13.1. The molecule has 1 fully saturated rings. The van der Waals surface area contributed by atoms with Crippen LogP contribution in [-0.2, 0) is 15.8 Å². The van der Waals surface area contributed by atoms with Gasteiger partial charge < -0.3 is 10.4 Å². The number of carbonyl (C=O) groups excluding carboxylic acids is 2. The third kappa shape index (κ3) is 4.65. The molecule has 2 amide bonds. The van der Waals surface area contributed by atoms with E-state index in [4.69, 9.17) is 12.2 Å². The fourth-order valence-corrected chi connectivity index (χ4v) is 4.15. The first-order valence-corrected chi connectivity index (χ1v) is 9.83. The van der Waals surface area contributed by atoms with Crippen LogP contribution in [0.4, 0.5) is 18.9 Å². The largest absolute Gasteiger partial charge is 0.508 e. The minimum absolute atomic E-state index is 0.0733. The van der Waals surface area contributed by atoms with Crippen molar-refractivity contribution in [3.05, 3.63) is 64.6 Å². The number of halogens is 3. The van der Waals surface area contributed by atoms with Crippen LogP contribution in [-0.4, -0.2) is 32.2 Å². The Morgan fingerprint density at radius 3 is 2.47 bits per heavy atom. The van der Waals surface area contributed by atoms with Gasteiger partial charge in [0.25, 0.3) is 5.91 Å². The van der Waals surface area contributed by atoms with Crippen LogP contribution in [0.3, 0.4) is 0 Å². The lowest BCUT2D eigenvalue weighted by Crippen LogP contribution is -2.44. The first-order valence-electron chi connectivity index (χ1n) is 8.61. The highest BCUT2D eigenvalue weighted by molar-refractivity contribution is 8.26. The van der Waals surface area contributed by atoms with Crippen LogP contribution in [0, 0.1) is 0 Å². The Morgan fingerprint density at radius 2 is 1.83 bits per heavy atom. The van der Waals surface area contributed by atoms with Crippen LogP contribution in [0.2, 0.25) is 0 Å². The molecule has 30 heavy (non-hydrogen) atoms. The van der Waals surface area contributed by atoms with E-state index in [1.165, 1.54) is 31.2 Å². The van der Waals surface area contributed by atoms with Crippen LogP contribution in [0.1, 0.15) is 18.1 Å². The molecule has 1 saturated heterocycles. The second-order valence-electron chi connectivity index (χ2n) is 6.35. The van der Waals surface area contributed by atoms with Gasteiger partial charge in [0.15, 0.2) is 0 Å². The fourth-order valence-electron chi connectivity index (χ4n) is 2.73. The topological polar surface area (TPSA) is 69.6 Å². The first kappa shape index (κ1) is 21.8. The van der Waals surface area contributed by atoms with Gasteiger partial charge in [0, 0.05) is 0 Å². The summed E-state index contributed by atoms with van der Waals surface area (Å²) in [7, 11) is 0. The Labute approximate surface area is 179 Å². The molecule has 3 rings (SSSR count). The molecule has 10 heteroatoms. The Balaban J connectivity index is 1.79. The predicted octanol–water partition coefficient (Wildman–Crippen LogP) is 4.64. The number of carbonyl (C=O) groups is 2. The lowest BCUT2D eigenvalue weighted by atomic mass is 10.1. The van der Waals surface area contributed by atoms with E-state index in [1.54, 1.807) is 18.2 Å². The number of hydrogen-bond acceptors (Lipinski definition) is 5. The second kappa shape index (κ2) is 8.49. The number of aromatic hydroxyl groups is 1. The Morgan fingerprint density at radius 1 is 1.20 bits per heavy atom. The van der Waals surface area contributed by atoms with Gasteiger partial charge in [0.05, 0.1) is 16.2 Å². The van der Waals surface area contributed by atoms with Crippen LogP contribution in [0.5, 0.6) is 5.75 Å². The highest BCUT2D eigenvalue weighted by Gasteiger charge is 2.39. The minimum Gasteiger partial charge on any atom is -0.508 e. The zero-order valence-corrected chi connectivity index (χ0v) is 17.1. The maximum Gasteiger partial charge on any atom is 0.418 e. The number of nitrogens with zero attached hydrogens (tertiary/aromatic N) is 1. The summed E-state index contributed by atoms with van der Waals surface area (Å²) in [5.41, 5.74) is -0.736. The molecular weight excluding hydrogens is 437 g/mol. The number of alkyl halides is 3. The van der Waals surface area contributed by atoms with Crippen LogP contribution in [0.25, 0.3) is 6.08 Å². The molecule has 2 N–H and O–H groups in total. The van der Waals surface area contributed by atoms with E-state index < -0.39 is 35.3 Å². The van der Waals surface area contributed by atoms with Crippen molar-refractivity contribution in [3.8, 4) is 5.75 Å². The molecule has 0 radical (unpaired) electrons. The summed E-state index contributed by atoms with van der Waals surface area (Å²) in [4.78, 5) is 26.7. The van der Waals surface area contributed by atoms with E-state index >= 15 is 0 Å². The highest BCUT2D eigenvalue weighted by Crippen LogP contribution is 2.36. The van der Waals surface area contributed by atoms with Crippen molar-refractivity contribution in [2.75, 3.05) is 5.32 Å². The average Bonchev–Trinajstić information content (AvgIpc) is 2.95. The number of thiocarbonyl (C=S) groups is 1. The Hall–Kier alpha value is -2.85. The number of anilines is 1. The van der Waals surface area contributed by atoms with E-state index in [0.717, 1.165) is 28.8 Å². The highest BCUT2D eigenvalue weighted by atomic mass is 32.2.